The van der Waals surface area contributed by atoms with Crippen molar-refractivity contribution < 1.29 is 4.79 Å². The molecule has 1 aliphatic heterocycles. The van der Waals surface area contributed by atoms with E-state index in [0.29, 0.717) is 6.54 Å². The van der Waals surface area contributed by atoms with Crippen LogP contribution in [-0.2, 0) is 11.3 Å². The van der Waals surface area contributed by atoms with Gasteiger partial charge in [0.2, 0.25) is 5.91 Å². The fourth-order valence-corrected chi connectivity index (χ4v) is 3.24. The van der Waals surface area contributed by atoms with Crippen molar-refractivity contribution in [2.75, 3.05) is 46.8 Å². The molecule has 152 valence electrons. The van der Waals surface area contributed by atoms with Crippen molar-refractivity contribution >= 4 is 35.8 Å². The van der Waals surface area contributed by atoms with Gasteiger partial charge < -0.3 is 15.5 Å². The summed E-state index contributed by atoms with van der Waals surface area (Å²) in [7, 11) is 3.47. The average Bonchev–Trinajstić information content (AvgIpc) is 2.62. The maximum absolute atomic E-state index is 11.9. The molecule has 0 aromatic heterocycles. The van der Waals surface area contributed by atoms with E-state index < -0.39 is 5.41 Å². The molecule has 0 saturated carbocycles. The van der Waals surface area contributed by atoms with Gasteiger partial charge in [0.15, 0.2) is 5.96 Å². The number of hydrogen-bond acceptors (Lipinski definition) is 3. The second-order valence-corrected chi connectivity index (χ2v) is 7.62. The minimum absolute atomic E-state index is 0. The van der Waals surface area contributed by atoms with Gasteiger partial charge in [0.1, 0.15) is 0 Å². The summed E-state index contributed by atoms with van der Waals surface area (Å²) in [4.78, 5) is 21.1. The lowest BCUT2D eigenvalue weighted by atomic mass is 9.92. The average molecular weight is 487 g/mol. The maximum atomic E-state index is 11.9. The van der Waals surface area contributed by atoms with Gasteiger partial charge in [-0.2, -0.15) is 0 Å². The maximum Gasteiger partial charge on any atom is 0.227 e. The Bertz CT molecular complexity index is 639. The second kappa shape index (κ2) is 10.8. The van der Waals surface area contributed by atoms with E-state index in [9.17, 15) is 4.79 Å². The summed E-state index contributed by atoms with van der Waals surface area (Å²) in [6.07, 6.45) is 0. The van der Waals surface area contributed by atoms with Crippen LogP contribution in [0.4, 0.5) is 0 Å². The minimum Gasteiger partial charge on any atom is -0.359 e. The van der Waals surface area contributed by atoms with Crippen molar-refractivity contribution in [3.63, 3.8) is 0 Å². The van der Waals surface area contributed by atoms with E-state index in [0.717, 1.165) is 38.7 Å². The zero-order valence-electron chi connectivity index (χ0n) is 17.2. The molecule has 7 heteroatoms. The third-order valence-electron chi connectivity index (χ3n) is 4.90. The van der Waals surface area contributed by atoms with Crippen molar-refractivity contribution in [3.05, 3.63) is 35.4 Å². The smallest absolute Gasteiger partial charge is 0.227 e. The largest absolute Gasteiger partial charge is 0.359 e. The Balaban J connectivity index is 0.00000364. The third-order valence-corrected chi connectivity index (χ3v) is 4.90. The van der Waals surface area contributed by atoms with Gasteiger partial charge in [0, 0.05) is 53.4 Å². The molecular formula is C20H34IN5O. The highest BCUT2D eigenvalue weighted by atomic mass is 127. The van der Waals surface area contributed by atoms with Crippen LogP contribution in [0.15, 0.2) is 29.3 Å². The fourth-order valence-electron chi connectivity index (χ4n) is 3.24. The molecule has 0 bridgehead atoms. The van der Waals surface area contributed by atoms with Gasteiger partial charge in [-0.15, -0.1) is 24.0 Å². The minimum atomic E-state index is -0.475. The van der Waals surface area contributed by atoms with Crippen LogP contribution in [0, 0.1) is 12.3 Å². The van der Waals surface area contributed by atoms with E-state index in [1.54, 1.807) is 14.1 Å². The molecule has 27 heavy (non-hydrogen) atoms. The summed E-state index contributed by atoms with van der Waals surface area (Å²) >= 11 is 0. The number of carbonyl (C=O) groups excluding carboxylic acids is 1. The molecular weight excluding hydrogens is 453 g/mol. The Morgan fingerprint density at radius 3 is 2.44 bits per heavy atom. The van der Waals surface area contributed by atoms with Gasteiger partial charge in [0.05, 0.1) is 5.41 Å². The number of guanidine groups is 1. The van der Waals surface area contributed by atoms with Gasteiger partial charge in [-0.1, -0.05) is 29.8 Å². The van der Waals surface area contributed by atoms with Crippen LogP contribution >= 0.6 is 24.0 Å². The molecule has 0 aliphatic carbocycles. The molecule has 1 aliphatic rings. The van der Waals surface area contributed by atoms with Crippen molar-refractivity contribution in [1.29, 1.82) is 0 Å². The highest BCUT2D eigenvalue weighted by Gasteiger charge is 2.28. The second-order valence-electron chi connectivity index (χ2n) is 7.62. The number of carbonyl (C=O) groups is 1. The zero-order valence-corrected chi connectivity index (χ0v) is 19.5. The van der Waals surface area contributed by atoms with Crippen molar-refractivity contribution in [2.24, 2.45) is 10.4 Å². The molecule has 1 aromatic carbocycles. The lowest BCUT2D eigenvalue weighted by Gasteiger charge is -2.37. The molecule has 1 heterocycles. The van der Waals surface area contributed by atoms with Gasteiger partial charge in [-0.25, -0.2) is 0 Å². The molecule has 0 unspecified atom stereocenters. The Morgan fingerprint density at radius 1 is 1.22 bits per heavy atom. The van der Waals surface area contributed by atoms with E-state index in [2.05, 4.69) is 56.6 Å². The van der Waals surface area contributed by atoms with Crippen molar-refractivity contribution in [1.82, 2.24) is 20.4 Å². The molecule has 1 aromatic rings. The van der Waals surface area contributed by atoms with Crippen LogP contribution in [0.1, 0.15) is 25.0 Å². The summed E-state index contributed by atoms with van der Waals surface area (Å²) in [5, 5.41) is 6.08. The number of piperazine rings is 1. The number of nitrogens with one attached hydrogen (secondary N) is 2. The number of hydrogen-bond donors (Lipinski definition) is 2. The summed E-state index contributed by atoms with van der Waals surface area (Å²) in [6.45, 7) is 11.4. The number of rotatable bonds is 5. The molecule has 1 fully saturated rings. The van der Waals surface area contributed by atoms with Crippen LogP contribution in [0.2, 0.25) is 0 Å². The van der Waals surface area contributed by atoms with Crippen LogP contribution in [0.5, 0.6) is 0 Å². The summed E-state index contributed by atoms with van der Waals surface area (Å²) in [5.41, 5.74) is 2.20. The number of halogens is 1. The first-order chi connectivity index (χ1) is 12.4. The van der Waals surface area contributed by atoms with Gasteiger partial charge in [-0.05, 0) is 26.3 Å². The number of aryl methyl sites for hydroxylation is 1. The van der Waals surface area contributed by atoms with E-state index in [-0.39, 0.29) is 29.9 Å². The number of nitrogens with zero attached hydrogens (tertiary/aromatic N) is 3. The zero-order chi connectivity index (χ0) is 19.2. The summed E-state index contributed by atoms with van der Waals surface area (Å²) < 4.78 is 0. The SMILES string of the molecule is CN=C(NCC(C)(C)C(=O)NC)N1CCN(Cc2cccc(C)c2)CC1.I. The number of benzene rings is 1. The summed E-state index contributed by atoms with van der Waals surface area (Å²) in [5.74, 6) is 0.903. The lowest BCUT2D eigenvalue weighted by molar-refractivity contribution is -0.128. The van der Waals surface area contributed by atoms with Crippen LogP contribution in [0.25, 0.3) is 0 Å². The predicted molar refractivity (Wildman–Crippen MR) is 123 cm³/mol. The molecule has 0 spiro atoms. The molecule has 0 radical (unpaired) electrons. The topological polar surface area (TPSA) is 60.0 Å². The van der Waals surface area contributed by atoms with Crippen LogP contribution in [0.3, 0.4) is 0 Å². The number of aliphatic imine (C=N–C) groups is 1. The standard InChI is InChI=1S/C20H33N5O.HI/c1-16-7-6-8-17(13-16)14-24-9-11-25(12-10-24)19(22-5)23-15-20(2,3)18(26)21-4;/h6-8,13H,9-12,14-15H2,1-5H3,(H,21,26)(H,22,23);1H. The predicted octanol–water partition coefficient (Wildman–Crippen LogP) is 2.08. The summed E-state index contributed by atoms with van der Waals surface area (Å²) in [6, 6.07) is 8.71. The molecule has 1 amide bonds. The van der Waals surface area contributed by atoms with E-state index in [4.69, 9.17) is 0 Å². The monoisotopic (exact) mass is 487 g/mol. The van der Waals surface area contributed by atoms with Crippen molar-refractivity contribution in [2.45, 2.75) is 27.3 Å². The molecule has 6 nitrogen and oxygen atoms in total. The highest BCUT2D eigenvalue weighted by Crippen LogP contribution is 2.14. The molecule has 0 atom stereocenters. The lowest BCUT2D eigenvalue weighted by Crippen LogP contribution is -2.54. The fraction of sp³-hybridized carbons (Fsp3) is 0.600. The Morgan fingerprint density at radius 2 is 1.89 bits per heavy atom. The van der Waals surface area contributed by atoms with Gasteiger partial charge in [0.25, 0.3) is 0 Å². The molecule has 2 rings (SSSR count). The van der Waals surface area contributed by atoms with Gasteiger partial charge in [-0.3, -0.25) is 14.7 Å². The van der Waals surface area contributed by atoms with E-state index >= 15 is 0 Å². The first-order valence-corrected chi connectivity index (χ1v) is 9.31. The van der Waals surface area contributed by atoms with Crippen molar-refractivity contribution in [3.8, 4) is 0 Å². The first-order valence-electron chi connectivity index (χ1n) is 9.31. The molecule has 2 N–H and O–H groups in total. The Labute approximate surface area is 180 Å². The normalized spacial score (nSPS) is 15.9. The van der Waals surface area contributed by atoms with Crippen LogP contribution < -0.4 is 10.6 Å². The van der Waals surface area contributed by atoms with Crippen LogP contribution in [-0.4, -0.2) is 68.5 Å². The number of amides is 1. The first kappa shape index (κ1) is 23.7. The molecule has 1 saturated heterocycles. The van der Waals surface area contributed by atoms with E-state index in [1.807, 2.05) is 13.8 Å². The Hall–Kier alpha value is -1.35. The Kier molecular flexibility index (Phi) is 9.52. The van der Waals surface area contributed by atoms with Gasteiger partial charge >= 0.3 is 0 Å². The third kappa shape index (κ3) is 6.95. The highest BCUT2D eigenvalue weighted by molar-refractivity contribution is 14.0. The van der Waals surface area contributed by atoms with E-state index in [1.165, 1.54) is 11.1 Å². The quantitative estimate of drug-likeness (QED) is 0.380.